The van der Waals surface area contributed by atoms with Crippen LogP contribution in [-0.2, 0) is 20.2 Å². The van der Waals surface area contributed by atoms with Crippen LogP contribution in [0, 0.1) is 17.9 Å². The van der Waals surface area contributed by atoms with E-state index in [-0.39, 0.29) is 86.5 Å². The van der Waals surface area contributed by atoms with Crippen LogP contribution in [0.4, 0.5) is 46.3 Å². The Labute approximate surface area is 401 Å². The van der Waals surface area contributed by atoms with Gasteiger partial charge < -0.3 is 16.4 Å². The number of aromatic nitrogens is 11. The van der Waals surface area contributed by atoms with Crippen molar-refractivity contribution in [1.29, 1.82) is 5.26 Å². The summed E-state index contributed by atoms with van der Waals surface area (Å²) in [5.74, 6) is -0.661. The summed E-state index contributed by atoms with van der Waals surface area (Å²) in [4.78, 5) is 18.2. The van der Waals surface area contributed by atoms with Gasteiger partial charge in [0, 0.05) is 25.2 Å². The van der Waals surface area contributed by atoms with E-state index >= 15 is 0 Å². The lowest BCUT2D eigenvalue weighted by Gasteiger charge is -2.13. The molecule has 0 spiro atoms. The molecule has 5 aromatic heterocycles. The molecule has 5 heterocycles. The first kappa shape index (κ1) is 46.2. The zero-order valence-electron chi connectivity index (χ0n) is 36.6. The van der Waals surface area contributed by atoms with Crippen LogP contribution in [0.3, 0.4) is 0 Å². The highest BCUT2D eigenvalue weighted by molar-refractivity contribution is 7.86. The minimum absolute atomic E-state index is 0.00305. The van der Waals surface area contributed by atoms with Gasteiger partial charge in [0.15, 0.2) is 34.6 Å². The lowest BCUT2D eigenvalue weighted by molar-refractivity contribution is 0.481. The molecule has 0 aliphatic carbocycles. The maximum absolute atomic E-state index is 12.0. The molecule has 9 aromatic rings. The SMILES string of the molecule is [C-]#[N+]c1cnn(-c2cccc(S(=O)(=O)O)c2)c1N=Nc1c(-c2ccccc2)nn(-c2nc(N(C)C)nc(-n3nc(-c4ccccc4)c(N=Nc4c(C#N)cnn4-c4cccc(S(=O)(=O)O)c4)c3N)n2)c1N. The zero-order chi connectivity index (χ0) is 50.2. The lowest BCUT2D eigenvalue weighted by atomic mass is 10.1. The smallest absolute Gasteiger partial charge is 0.294 e. The first-order valence-electron chi connectivity index (χ1n) is 20.3. The molecule has 9 rings (SSSR count). The fraction of sp³-hybridized carbons (Fsp3) is 0.0465. The topological polar surface area (TPSA) is 352 Å². The highest BCUT2D eigenvalue weighted by Crippen LogP contribution is 2.41. The second-order valence-corrected chi connectivity index (χ2v) is 17.8. The van der Waals surface area contributed by atoms with E-state index in [4.69, 9.17) is 33.2 Å². The Hall–Kier alpha value is -9.87. The van der Waals surface area contributed by atoms with Gasteiger partial charge in [-0.2, -0.15) is 66.8 Å². The maximum atomic E-state index is 12.0. The first-order valence-corrected chi connectivity index (χ1v) is 23.2. The quantitative estimate of drug-likeness (QED) is 0.0517. The molecule has 71 heavy (non-hydrogen) atoms. The zero-order valence-corrected chi connectivity index (χ0v) is 38.2. The van der Waals surface area contributed by atoms with Gasteiger partial charge in [-0.15, -0.1) is 20.5 Å². The molecule has 6 N–H and O–H groups in total. The Kier molecular flexibility index (Phi) is 11.9. The molecule has 0 unspecified atom stereocenters. The number of benzene rings is 4. The number of nitrogens with zero attached hydrogens (tertiary/aromatic N) is 18. The summed E-state index contributed by atoms with van der Waals surface area (Å²) in [7, 11) is -5.84. The van der Waals surface area contributed by atoms with E-state index < -0.39 is 30.0 Å². The molecule has 0 bridgehead atoms. The largest absolute Gasteiger partial charge is 0.382 e. The van der Waals surface area contributed by atoms with Crippen molar-refractivity contribution in [3.8, 4) is 51.9 Å². The minimum Gasteiger partial charge on any atom is -0.382 e. The van der Waals surface area contributed by atoms with Gasteiger partial charge in [0.1, 0.15) is 23.0 Å². The van der Waals surface area contributed by atoms with Gasteiger partial charge in [-0.25, -0.2) is 14.2 Å². The van der Waals surface area contributed by atoms with Crippen LogP contribution in [0.15, 0.2) is 152 Å². The summed E-state index contributed by atoms with van der Waals surface area (Å²) < 4.78 is 72.0. The number of nitrogen functional groups attached to an aromatic ring is 2. The molecule has 0 aliphatic heterocycles. The normalized spacial score (nSPS) is 11.9. The number of anilines is 3. The molecule has 26 nitrogen and oxygen atoms in total. The van der Waals surface area contributed by atoms with Gasteiger partial charge in [-0.1, -0.05) is 72.8 Å². The van der Waals surface area contributed by atoms with Crippen LogP contribution in [0.2, 0.25) is 0 Å². The summed E-state index contributed by atoms with van der Waals surface area (Å²) in [6.45, 7) is 7.78. The van der Waals surface area contributed by atoms with Gasteiger partial charge in [0.25, 0.3) is 37.8 Å². The predicted molar refractivity (Wildman–Crippen MR) is 254 cm³/mol. The van der Waals surface area contributed by atoms with Crippen molar-refractivity contribution in [2.75, 3.05) is 30.5 Å². The van der Waals surface area contributed by atoms with E-state index in [1.807, 2.05) is 6.07 Å². The van der Waals surface area contributed by atoms with Gasteiger partial charge in [-0.3, -0.25) is 9.11 Å². The molecule has 0 radical (unpaired) electrons. The molecule has 0 fully saturated rings. The van der Waals surface area contributed by atoms with E-state index in [9.17, 15) is 31.2 Å². The Bertz CT molecular complexity index is 3680. The van der Waals surface area contributed by atoms with Crippen LogP contribution >= 0.6 is 0 Å². The molecule has 352 valence electrons. The third-order valence-electron chi connectivity index (χ3n) is 10.2. The Morgan fingerprint density at radius 1 is 0.634 bits per heavy atom. The Morgan fingerprint density at radius 2 is 1.10 bits per heavy atom. The van der Waals surface area contributed by atoms with E-state index in [2.05, 4.69) is 45.5 Å². The van der Waals surface area contributed by atoms with Gasteiger partial charge >= 0.3 is 0 Å². The Balaban J connectivity index is 1.18. The molecule has 0 saturated heterocycles. The molecular formula is C43H32N20O6S2. The number of rotatable bonds is 13. The molecular weight excluding hydrogens is 957 g/mol. The van der Waals surface area contributed by atoms with Crippen LogP contribution in [0.5, 0.6) is 0 Å². The van der Waals surface area contributed by atoms with Gasteiger partial charge in [0.05, 0.1) is 40.1 Å². The van der Waals surface area contributed by atoms with Crippen molar-refractivity contribution >= 4 is 66.5 Å². The van der Waals surface area contributed by atoms with Crippen molar-refractivity contribution in [1.82, 2.24) is 54.1 Å². The number of azo groups is 2. The number of hydrogen-bond acceptors (Lipinski definition) is 19. The summed E-state index contributed by atoms with van der Waals surface area (Å²) in [6, 6.07) is 30.0. The summed E-state index contributed by atoms with van der Waals surface area (Å²) in [6.07, 6.45) is 2.42. The highest BCUT2D eigenvalue weighted by atomic mass is 32.2. The second-order valence-electron chi connectivity index (χ2n) is 15.0. The van der Waals surface area contributed by atoms with Crippen LogP contribution in [0.25, 0.3) is 50.6 Å². The van der Waals surface area contributed by atoms with Crippen molar-refractivity contribution in [3.63, 3.8) is 0 Å². The Morgan fingerprint density at radius 3 is 1.55 bits per heavy atom. The summed E-state index contributed by atoms with van der Waals surface area (Å²) in [5, 5.41) is 45.7. The van der Waals surface area contributed by atoms with E-state index in [0.29, 0.717) is 11.1 Å². The molecule has 0 saturated carbocycles. The maximum Gasteiger partial charge on any atom is 0.294 e. The first-order chi connectivity index (χ1) is 34.0. The van der Waals surface area contributed by atoms with Crippen LogP contribution in [-0.4, -0.2) is 94.1 Å². The van der Waals surface area contributed by atoms with Gasteiger partial charge in [0.2, 0.25) is 5.95 Å². The average molecular weight is 989 g/mol. The average Bonchev–Trinajstić information content (AvgIpc) is 4.15. The molecule has 0 aliphatic rings. The van der Waals surface area contributed by atoms with Crippen LogP contribution < -0.4 is 16.4 Å². The molecule has 0 amide bonds. The van der Waals surface area contributed by atoms with Crippen molar-refractivity contribution < 1.29 is 25.9 Å². The van der Waals surface area contributed by atoms with Crippen LogP contribution in [0.1, 0.15) is 5.56 Å². The highest BCUT2D eigenvalue weighted by Gasteiger charge is 2.26. The fourth-order valence-electron chi connectivity index (χ4n) is 6.81. The third-order valence-corrected chi connectivity index (χ3v) is 11.9. The van der Waals surface area contributed by atoms with Crippen molar-refractivity contribution in [3.05, 3.63) is 139 Å². The molecule has 0 atom stereocenters. The minimum atomic E-state index is -4.60. The third kappa shape index (κ3) is 9.01. The van der Waals surface area contributed by atoms with Crippen molar-refractivity contribution in [2.45, 2.75) is 9.79 Å². The fourth-order valence-corrected chi connectivity index (χ4v) is 7.85. The summed E-state index contributed by atoms with van der Waals surface area (Å²) >= 11 is 0. The van der Waals surface area contributed by atoms with E-state index in [0.717, 1.165) is 16.8 Å². The van der Waals surface area contributed by atoms with E-state index in [1.54, 1.807) is 79.7 Å². The molecule has 28 heteroatoms. The summed E-state index contributed by atoms with van der Waals surface area (Å²) in [5.41, 5.74) is 15.4. The van der Waals surface area contributed by atoms with Gasteiger partial charge in [-0.05, 0) is 36.4 Å². The monoisotopic (exact) mass is 988 g/mol. The number of nitrogens with two attached hydrogens (primary N) is 2. The molecule has 4 aromatic carbocycles. The number of nitriles is 1. The standard InChI is InChI=1S/C43H32N20O6S2/c1-47-32-24-49-61(29-17-11-19-31(21-29)71(67,68)69)40(32)56-54-36-34(26-14-8-5-9-15-26)58-63(38(36)46)43-51-41(59(2)3)50-42(52-43)62-37(45)35(33(57-62)25-12-6-4-7-13-25)53-55-39-27(22-44)23-48-60(39)28-16-10-18-30(20-28)70(64,65)66/h4-21,23-24H,45-46H2,2-3H3,(H,64,65,66)(H,67,68,69). The van der Waals surface area contributed by atoms with Crippen molar-refractivity contribution in [2.24, 2.45) is 20.5 Å². The lowest BCUT2D eigenvalue weighted by Crippen LogP contribution is -2.19. The predicted octanol–water partition coefficient (Wildman–Crippen LogP) is 6.93. The van der Waals surface area contributed by atoms with E-state index in [1.165, 1.54) is 62.8 Å². The second kappa shape index (κ2) is 18.3. The number of hydrogen-bond donors (Lipinski definition) is 4.